The summed E-state index contributed by atoms with van der Waals surface area (Å²) in [7, 11) is 0. The van der Waals surface area contributed by atoms with Crippen LogP contribution in [0, 0.1) is 11.3 Å². The van der Waals surface area contributed by atoms with Crippen LogP contribution in [0.3, 0.4) is 0 Å². The van der Waals surface area contributed by atoms with Gasteiger partial charge in [0.05, 0.1) is 11.6 Å². The largest absolute Gasteiger partial charge is 0.489 e. The van der Waals surface area contributed by atoms with Gasteiger partial charge < -0.3 is 10.5 Å². The van der Waals surface area contributed by atoms with Gasteiger partial charge in [-0.1, -0.05) is 28.1 Å². The second kappa shape index (κ2) is 7.09. The zero-order valence-corrected chi connectivity index (χ0v) is 12.6. The van der Waals surface area contributed by atoms with E-state index in [1.807, 2.05) is 36.4 Å². The summed E-state index contributed by atoms with van der Waals surface area (Å²) >= 11 is 3.45. The Balaban J connectivity index is 2.12. The molecule has 2 rings (SSSR count). The second-order valence-electron chi connectivity index (χ2n) is 4.39. The van der Waals surface area contributed by atoms with Gasteiger partial charge in [0.25, 0.3) is 0 Å². The molecule has 102 valence electrons. The molecule has 0 radical (unpaired) electrons. The van der Waals surface area contributed by atoms with Gasteiger partial charge in [0, 0.05) is 4.47 Å². The standard InChI is InChI=1S/C16H15BrN2O/c17-15-4-5-16(14(9-15)6-7-18)20-11-13-3-1-2-12(8-13)10-19/h1-5,8-9H,6-7,11,18H2. The van der Waals surface area contributed by atoms with E-state index in [4.69, 9.17) is 15.7 Å². The molecule has 0 aliphatic heterocycles. The van der Waals surface area contributed by atoms with E-state index < -0.39 is 0 Å². The third-order valence-corrected chi connectivity index (χ3v) is 3.38. The van der Waals surface area contributed by atoms with E-state index in [0.717, 1.165) is 27.8 Å². The van der Waals surface area contributed by atoms with E-state index in [9.17, 15) is 0 Å². The molecular formula is C16H15BrN2O. The monoisotopic (exact) mass is 330 g/mol. The van der Waals surface area contributed by atoms with Gasteiger partial charge in [0.1, 0.15) is 12.4 Å². The van der Waals surface area contributed by atoms with E-state index in [2.05, 4.69) is 22.0 Å². The fraction of sp³-hybridized carbons (Fsp3) is 0.188. The van der Waals surface area contributed by atoms with Crippen LogP contribution in [0.5, 0.6) is 5.75 Å². The molecule has 0 amide bonds. The molecule has 2 N–H and O–H groups in total. The minimum absolute atomic E-state index is 0.439. The van der Waals surface area contributed by atoms with Crippen LogP contribution in [-0.4, -0.2) is 6.54 Å². The van der Waals surface area contributed by atoms with Gasteiger partial charge in [0.15, 0.2) is 0 Å². The molecule has 20 heavy (non-hydrogen) atoms. The average molecular weight is 331 g/mol. The van der Waals surface area contributed by atoms with Gasteiger partial charge in [-0.2, -0.15) is 5.26 Å². The SMILES string of the molecule is N#Cc1cccc(COc2ccc(Br)cc2CCN)c1. The molecule has 0 aliphatic rings. The smallest absolute Gasteiger partial charge is 0.123 e. The van der Waals surface area contributed by atoms with Crippen LogP contribution in [0.15, 0.2) is 46.9 Å². The first-order valence-electron chi connectivity index (χ1n) is 6.33. The molecule has 0 saturated carbocycles. The van der Waals surface area contributed by atoms with E-state index >= 15 is 0 Å². The van der Waals surface area contributed by atoms with Crippen LogP contribution in [0.25, 0.3) is 0 Å². The molecule has 3 nitrogen and oxygen atoms in total. The number of halogens is 1. The van der Waals surface area contributed by atoms with Crippen molar-refractivity contribution in [3.63, 3.8) is 0 Å². The Hall–Kier alpha value is -1.83. The quantitative estimate of drug-likeness (QED) is 0.913. The molecule has 0 bridgehead atoms. The number of rotatable bonds is 5. The molecule has 4 heteroatoms. The highest BCUT2D eigenvalue weighted by atomic mass is 79.9. The second-order valence-corrected chi connectivity index (χ2v) is 5.31. The van der Waals surface area contributed by atoms with Gasteiger partial charge >= 0.3 is 0 Å². The Kier molecular flexibility index (Phi) is 5.16. The van der Waals surface area contributed by atoms with Crippen LogP contribution in [0.1, 0.15) is 16.7 Å². The van der Waals surface area contributed by atoms with Crippen molar-refractivity contribution < 1.29 is 4.74 Å². The maximum atomic E-state index is 8.88. The van der Waals surface area contributed by atoms with Crippen molar-refractivity contribution >= 4 is 15.9 Å². The molecule has 0 unspecified atom stereocenters. The van der Waals surface area contributed by atoms with E-state index in [-0.39, 0.29) is 0 Å². The number of hydrogen-bond donors (Lipinski definition) is 1. The summed E-state index contributed by atoms with van der Waals surface area (Å²) in [5.41, 5.74) is 8.32. The summed E-state index contributed by atoms with van der Waals surface area (Å²) in [5, 5.41) is 8.88. The Morgan fingerprint density at radius 2 is 2.05 bits per heavy atom. The lowest BCUT2D eigenvalue weighted by Gasteiger charge is -2.11. The average Bonchev–Trinajstić information content (AvgIpc) is 2.47. The molecule has 0 fully saturated rings. The Morgan fingerprint density at radius 1 is 1.20 bits per heavy atom. The lowest BCUT2D eigenvalue weighted by Crippen LogP contribution is -2.05. The fourth-order valence-corrected chi connectivity index (χ4v) is 2.34. The van der Waals surface area contributed by atoms with Crippen molar-refractivity contribution in [3.05, 3.63) is 63.6 Å². The highest BCUT2D eigenvalue weighted by Gasteiger charge is 2.05. The Bertz CT molecular complexity index is 635. The number of nitriles is 1. The van der Waals surface area contributed by atoms with Gasteiger partial charge in [-0.3, -0.25) is 0 Å². The molecule has 0 aromatic heterocycles. The first-order chi connectivity index (χ1) is 9.72. The van der Waals surface area contributed by atoms with E-state index in [0.29, 0.717) is 18.7 Å². The first kappa shape index (κ1) is 14.6. The lowest BCUT2D eigenvalue weighted by atomic mass is 10.1. The van der Waals surface area contributed by atoms with Crippen molar-refractivity contribution in [1.29, 1.82) is 5.26 Å². The van der Waals surface area contributed by atoms with Crippen molar-refractivity contribution in [2.45, 2.75) is 13.0 Å². The topological polar surface area (TPSA) is 59.0 Å². The predicted octanol–water partition coefficient (Wildman–Crippen LogP) is 3.40. The highest BCUT2D eigenvalue weighted by molar-refractivity contribution is 9.10. The normalized spacial score (nSPS) is 10.1. The number of nitrogens with two attached hydrogens (primary N) is 1. The minimum Gasteiger partial charge on any atom is -0.489 e. The van der Waals surface area contributed by atoms with E-state index in [1.54, 1.807) is 6.07 Å². The van der Waals surface area contributed by atoms with Gasteiger partial charge in [-0.15, -0.1) is 0 Å². The number of ether oxygens (including phenoxy) is 1. The van der Waals surface area contributed by atoms with Crippen molar-refractivity contribution in [1.82, 2.24) is 0 Å². The summed E-state index contributed by atoms with van der Waals surface area (Å²) in [6.45, 7) is 1.02. The minimum atomic E-state index is 0.439. The summed E-state index contributed by atoms with van der Waals surface area (Å²) < 4.78 is 6.86. The number of hydrogen-bond acceptors (Lipinski definition) is 3. The zero-order valence-electron chi connectivity index (χ0n) is 11.0. The summed E-state index contributed by atoms with van der Waals surface area (Å²) in [6, 6.07) is 15.5. The van der Waals surface area contributed by atoms with Crippen LogP contribution in [0.4, 0.5) is 0 Å². The molecule has 0 aliphatic carbocycles. The molecule has 0 heterocycles. The van der Waals surface area contributed by atoms with Gasteiger partial charge in [-0.25, -0.2) is 0 Å². The lowest BCUT2D eigenvalue weighted by molar-refractivity contribution is 0.303. The summed E-state index contributed by atoms with van der Waals surface area (Å²) in [4.78, 5) is 0. The van der Waals surface area contributed by atoms with Crippen molar-refractivity contribution in [3.8, 4) is 11.8 Å². The Morgan fingerprint density at radius 3 is 2.80 bits per heavy atom. The number of benzene rings is 2. The number of nitrogens with zero attached hydrogens (tertiary/aromatic N) is 1. The predicted molar refractivity (Wildman–Crippen MR) is 82.4 cm³/mol. The summed E-state index contributed by atoms with van der Waals surface area (Å²) in [5.74, 6) is 0.834. The first-order valence-corrected chi connectivity index (χ1v) is 7.12. The van der Waals surface area contributed by atoms with Crippen LogP contribution < -0.4 is 10.5 Å². The molecule has 2 aromatic carbocycles. The molecule has 2 aromatic rings. The third-order valence-electron chi connectivity index (χ3n) is 2.89. The molecular weight excluding hydrogens is 316 g/mol. The van der Waals surface area contributed by atoms with Crippen molar-refractivity contribution in [2.24, 2.45) is 5.73 Å². The summed E-state index contributed by atoms with van der Waals surface area (Å²) in [6.07, 6.45) is 0.771. The highest BCUT2D eigenvalue weighted by Crippen LogP contribution is 2.24. The van der Waals surface area contributed by atoms with Crippen molar-refractivity contribution in [2.75, 3.05) is 6.54 Å². The van der Waals surface area contributed by atoms with Crippen LogP contribution >= 0.6 is 15.9 Å². The maximum Gasteiger partial charge on any atom is 0.123 e. The molecule has 0 saturated heterocycles. The molecule has 0 atom stereocenters. The van der Waals surface area contributed by atoms with E-state index in [1.165, 1.54) is 0 Å². The zero-order chi connectivity index (χ0) is 14.4. The fourth-order valence-electron chi connectivity index (χ4n) is 1.93. The van der Waals surface area contributed by atoms with Crippen LogP contribution in [-0.2, 0) is 13.0 Å². The van der Waals surface area contributed by atoms with Crippen LogP contribution in [0.2, 0.25) is 0 Å². The Labute approximate surface area is 127 Å². The maximum absolute atomic E-state index is 8.88. The van der Waals surface area contributed by atoms with Gasteiger partial charge in [-0.05, 0) is 54.4 Å². The third kappa shape index (κ3) is 3.83. The van der Waals surface area contributed by atoms with Gasteiger partial charge in [0.2, 0.25) is 0 Å². The molecule has 0 spiro atoms.